The lowest BCUT2D eigenvalue weighted by molar-refractivity contribution is 0.251. The third kappa shape index (κ3) is 4.36. The number of amides is 2. The molecule has 2 rings (SSSR count). The molecule has 0 aliphatic heterocycles. The zero-order valence-electron chi connectivity index (χ0n) is 12.8. The summed E-state index contributed by atoms with van der Waals surface area (Å²) in [5.74, 6) is 0.717. The Morgan fingerprint density at radius 2 is 2.18 bits per heavy atom. The molecule has 2 amide bonds. The van der Waals surface area contributed by atoms with Crippen LogP contribution in [0.15, 0.2) is 24.5 Å². The number of hydrogen-bond donors (Lipinski definition) is 2. The van der Waals surface area contributed by atoms with E-state index in [1.807, 2.05) is 38.1 Å². The molecule has 7 nitrogen and oxygen atoms in total. The first-order valence-electron chi connectivity index (χ1n) is 6.83. The van der Waals surface area contributed by atoms with Crippen molar-refractivity contribution < 1.29 is 4.79 Å². The average molecular weight is 323 g/mol. The molecule has 0 bridgehead atoms. The van der Waals surface area contributed by atoms with Crippen LogP contribution in [0.25, 0.3) is 0 Å². The smallest absolute Gasteiger partial charge is 0.319 e. The second-order valence-electron chi connectivity index (χ2n) is 5.02. The van der Waals surface area contributed by atoms with Crippen LogP contribution < -0.4 is 15.5 Å². The predicted molar refractivity (Wildman–Crippen MR) is 87.6 cm³/mol. The molecule has 8 heteroatoms. The molecule has 2 aromatic rings. The Labute approximate surface area is 134 Å². The van der Waals surface area contributed by atoms with Crippen molar-refractivity contribution in [3.63, 3.8) is 0 Å². The van der Waals surface area contributed by atoms with Crippen LogP contribution in [0, 0.1) is 6.92 Å². The number of carbonyl (C=O) groups excluding carboxylic acids is 1. The van der Waals surface area contributed by atoms with Crippen molar-refractivity contribution >= 4 is 29.1 Å². The summed E-state index contributed by atoms with van der Waals surface area (Å²) in [7, 11) is 3.76. The molecule has 0 aliphatic carbocycles. The van der Waals surface area contributed by atoms with Gasteiger partial charge in [-0.05, 0) is 19.1 Å². The fourth-order valence-electron chi connectivity index (χ4n) is 1.89. The number of hydrogen-bond acceptors (Lipinski definition) is 4. The van der Waals surface area contributed by atoms with E-state index in [-0.39, 0.29) is 6.03 Å². The summed E-state index contributed by atoms with van der Waals surface area (Å²) >= 11 is 5.77. The first-order valence-corrected chi connectivity index (χ1v) is 7.21. The Bertz CT molecular complexity index is 655. The van der Waals surface area contributed by atoms with Gasteiger partial charge in [0.2, 0.25) is 0 Å². The summed E-state index contributed by atoms with van der Waals surface area (Å²) in [6, 6.07) is 3.41. The van der Waals surface area contributed by atoms with Gasteiger partial charge in [0, 0.05) is 32.5 Å². The van der Waals surface area contributed by atoms with Gasteiger partial charge in [0.15, 0.2) is 5.82 Å². The van der Waals surface area contributed by atoms with Gasteiger partial charge in [-0.3, -0.25) is 4.68 Å². The SMILES string of the molecule is Cc1ccc(NC(=O)NCCn2cc(Cl)cn2)c(N(C)C)n1. The second-order valence-corrected chi connectivity index (χ2v) is 5.46. The molecule has 22 heavy (non-hydrogen) atoms. The van der Waals surface area contributed by atoms with E-state index >= 15 is 0 Å². The lowest BCUT2D eigenvalue weighted by atomic mass is 10.3. The standard InChI is InChI=1S/C14H19ClN6O/c1-10-4-5-12(13(18-10)20(2)3)19-14(22)16-6-7-21-9-11(15)8-17-21/h4-5,8-9H,6-7H2,1-3H3,(H2,16,19,22). The van der Waals surface area contributed by atoms with Crippen LogP contribution in [0.3, 0.4) is 0 Å². The Morgan fingerprint density at radius 3 is 2.82 bits per heavy atom. The van der Waals surface area contributed by atoms with E-state index in [9.17, 15) is 4.79 Å². The number of nitrogens with one attached hydrogen (secondary N) is 2. The maximum Gasteiger partial charge on any atom is 0.319 e. The first kappa shape index (κ1) is 16.1. The van der Waals surface area contributed by atoms with Gasteiger partial charge in [-0.2, -0.15) is 5.10 Å². The van der Waals surface area contributed by atoms with Gasteiger partial charge in [-0.1, -0.05) is 11.6 Å². The third-order valence-corrected chi connectivity index (χ3v) is 3.11. The molecular formula is C14H19ClN6O. The van der Waals surface area contributed by atoms with Crippen LogP contribution in [0.4, 0.5) is 16.3 Å². The summed E-state index contributed by atoms with van der Waals surface area (Å²) in [6.07, 6.45) is 3.26. The molecular weight excluding hydrogens is 304 g/mol. The zero-order valence-corrected chi connectivity index (χ0v) is 13.6. The molecule has 2 aromatic heterocycles. The summed E-state index contributed by atoms with van der Waals surface area (Å²) in [6.45, 7) is 2.90. The van der Waals surface area contributed by atoms with Gasteiger partial charge in [-0.25, -0.2) is 9.78 Å². The van der Waals surface area contributed by atoms with Crippen LogP contribution >= 0.6 is 11.6 Å². The highest BCUT2D eigenvalue weighted by molar-refractivity contribution is 6.30. The number of pyridine rings is 1. The van der Waals surface area contributed by atoms with Gasteiger partial charge in [0.05, 0.1) is 23.5 Å². The lowest BCUT2D eigenvalue weighted by Gasteiger charge is -2.17. The van der Waals surface area contributed by atoms with Gasteiger partial charge in [0.25, 0.3) is 0 Å². The Hall–Kier alpha value is -2.28. The third-order valence-electron chi connectivity index (χ3n) is 2.91. The highest BCUT2D eigenvalue weighted by Gasteiger charge is 2.09. The molecule has 0 aromatic carbocycles. The first-order chi connectivity index (χ1) is 10.5. The van der Waals surface area contributed by atoms with Crippen LogP contribution in [0.1, 0.15) is 5.69 Å². The van der Waals surface area contributed by atoms with E-state index in [2.05, 4.69) is 20.7 Å². The summed E-state index contributed by atoms with van der Waals surface area (Å²) in [5, 5.41) is 10.2. The number of nitrogens with zero attached hydrogens (tertiary/aromatic N) is 4. The minimum absolute atomic E-state index is 0.285. The fraction of sp³-hybridized carbons (Fsp3) is 0.357. The molecule has 0 atom stereocenters. The summed E-state index contributed by atoms with van der Waals surface area (Å²) in [5.41, 5.74) is 1.56. The fourth-order valence-corrected chi connectivity index (χ4v) is 2.05. The van der Waals surface area contributed by atoms with E-state index in [4.69, 9.17) is 11.6 Å². The van der Waals surface area contributed by atoms with E-state index in [1.165, 1.54) is 0 Å². The molecule has 118 valence electrons. The van der Waals surface area contributed by atoms with Gasteiger partial charge in [0.1, 0.15) is 0 Å². The number of anilines is 2. The Balaban J connectivity index is 1.89. The van der Waals surface area contributed by atoms with Crippen molar-refractivity contribution in [2.24, 2.45) is 0 Å². The average Bonchev–Trinajstić information content (AvgIpc) is 2.86. The topological polar surface area (TPSA) is 75.1 Å². The minimum atomic E-state index is -0.285. The molecule has 0 spiro atoms. The maximum atomic E-state index is 11.9. The highest BCUT2D eigenvalue weighted by atomic mass is 35.5. The lowest BCUT2D eigenvalue weighted by Crippen LogP contribution is -2.32. The van der Waals surface area contributed by atoms with Crippen molar-refractivity contribution in [2.75, 3.05) is 30.9 Å². The number of aromatic nitrogens is 3. The monoisotopic (exact) mass is 322 g/mol. The second kappa shape index (κ2) is 7.13. The molecule has 0 aliphatic rings. The van der Waals surface area contributed by atoms with E-state index in [0.717, 1.165) is 5.69 Å². The molecule has 0 radical (unpaired) electrons. The number of urea groups is 1. The molecule has 0 fully saturated rings. The van der Waals surface area contributed by atoms with Crippen molar-refractivity contribution in [1.29, 1.82) is 0 Å². The van der Waals surface area contributed by atoms with E-state index < -0.39 is 0 Å². The number of rotatable bonds is 5. The van der Waals surface area contributed by atoms with Crippen LogP contribution in [0.5, 0.6) is 0 Å². The molecule has 2 N–H and O–H groups in total. The normalized spacial score (nSPS) is 10.4. The molecule has 0 saturated carbocycles. The van der Waals surface area contributed by atoms with Crippen molar-refractivity contribution in [3.8, 4) is 0 Å². The van der Waals surface area contributed by atoms with Crippen LogP contribution in [-0.2, 0) is 6.54 Å². The van der Waals surface area contributed by atoms with Gasteiger partial charge in [-0.15, -0.1) is 0 Å². The van der Waals surface area contributed by atoms with E-state index in [1.54, 1.807) is 17.1 Å². The number of halogens is 1. The number of aryl methyl sites for hydroxylation is 1. The minimum Gasteiger partial charge on any atom is -0.361 e. The Morgan fingerprint density at radius 1 is 1.41 bits per heavy atom. The maximum absolute atomic E-state index is 11.9. The molecule has 0 saturated heterocycles. The largest absolute Gasteiger partial charge is 0.361 e. The quantitative estimate of drug-likeness (QED) is 0.884. The summed E-state index contributed by atoms with van der Waals surface area (Å²) in [4.78, 5) is 18.2. The van der Waals surface area contributed by atoms with Crippen molar-refractivity contribution in [1.82, 2.24) is 20.1 Å². The zero-order chi connectivity index (χ0) is 16.1. The van der Waals surface area contributed by atoms with Crippen LogP contribution in [-0.4, -0.2) is 41.4 Å². The van der Waals surface area contributed by atoms with Crippen molar-refractivity contribution in [3.05, 3.63) is 35.2 Å². The Kier molecular flexibility index (Phi) is 5.21. The van der Waals surface area contributed by atoms with Gasteiger partial charge >= 0.3 is 6.03 Å². The summed E-state index contributed by atoms with van der Waals surface area (Å²) < 4.78 is 1.67. The molecule has 2 heterocycles. The van der Waals surface area contributed by atoms with E-state index in [0.29, 0.717) is 29.6 Å². The van der Waals surface area contributed by atoms with Crippen molar-refractivity contribution in [2.45, 2.75) is 13.5 Å². The highest BCUT2D eigenvalue weighted by Crippen LogP contribution is 2.21. The predicted octanol–water partition coefficient (Wildman–Crippen LogP) is 2.13. The molecule has 0 unspecified atom stereocenters. The van der Waals surface area contributed by atoms with Gasteiger partial charge < -0.3 is 15.5 Å². The number of carbonyl (C=O) groups is 1. The van der Waals surface area contributed by atoms with Crippen LogP contribution in [0.2, 0.25) is 5.02 Å².